The standard InChI is InChI=1S/C10H14O4S/c1-6(10(13)14)15-5-8-7(4-11)2-3-9(8)12/h2-3,6-8,11H,4-5H2,1H3,(H,13,14). The average Bonchev–Trinajstić information content (AvgIpc) is 2.55. The fraction of sp³-hybridized carbons (Fsp3) is 0.600. The van der Waals surface area contributed by atoms with Crippen LogP contribution < -0.4 is 0 Å². The molecule has 0 saturated heterocycles. The number of carbonyl (C=O) groups excluding carboxylic acids is 1. The first-order valence-corrected chi connectivity index (χ1v) is 5.78. The van der Waals surface area contributed by atoms with Crippen molar-refractivity contribution in [1.82, 2.24) is 0 Å². The fourth-order valence-electron chi connectivity index (χ4n) is 1.40. The number of hydrogen-bond acceptors (Lipinski definition) is 4. The highest BCUT2D eigenvalue weighted by Crippen LogP contribution is 2.27. The van der Waals surface area contributed by atoms with Crippen molar-refractivity contribution in [1.29, 1.82) is 0 Å². The van der Waals surface area contributed by atoms with Crippen molar-refractivity contribution in [2.24, 2.45) is 11.8 Å². The molecule has 1 aliphatic carbocycles. The van der Waals surface area contributed by atoms with Gasteiger partial charge in [-0.2, -0.15) is 0 Å². The molecule has 0 radical (unpaired) electrons. The monoisotopic (exact) mass is 230 g/mol. The first-order chi connectivity index (χ1) is 7.06. The lowest BCUT2D eigenvalue weighted by molar-refractivity contribution is -0.136. The largest absolute Gasteiger partial charge is 0.480 e. The normalized spacial score (nSPS) is 26.9. The molecule has 0 heterocycles. The third-order valence-electron chi connectivity index (χ3n) is 2.47. The summed E-state index contributed by atoms with van der Waals surface area (Å²) in [5.41, 5.74) is 0. The average molecular weight is 230 g/mol. The van der Waals surface area contributed by atoms with Gasteiger partial charge in [0.05, 0.1) is 11.9 Å². The Hall–Kier alpha value is -0.810. The number of ketones is 1. The SMILES string of the molecule is CC(SCC1C(=O)C=CC1CO)C(=O)O. The zero-order chi connectivity index (χ0) is 11.4. The molecule has 2 N–H and O–H groups in total. The van der Waals surface area contributed by atoms with Crippen molar-refractivity contribution in [3.05, 3.63) is 12.2 Å². The van der Waals surface area contributed by atoms with E-state index >= 15 is 0 Å². The summed E-state index contributed by atoms with van der Waals surface area (Å²) in [4.78, 5) is 21.9. The molecule has 5 heteroatoms. The lowest BCUT2D eigenvalue weighted by Crippen LogP contribution is -2.23. The van der Waals surface area contributed by atoms with Crippen molar-refractivity contribution >= 4 is 23.5 Å². The summed E-state index contributed by atoms with van der Waals surface area (Å²) in [6.45, 7) is 1.53. The minimum Gasteiger partial charge on any atom is -0.480 e. The smallest absolute Gasteiger partial charge is 0.316 e. The van der Waals surface area contributed by atoms with E-state index in [0.717, 1.165) is 0 Å². The number of carboxylic acid groups (broad SMARTS) is 1. The van der Waals surface area contributed by atoms with E-state index in [0.29, 0.717) is 5.75 Å². The summed E-state index contributed by atoms with van der Waals surface area (Å²) in [5, 5.41) is 17.2. The van der Waals surface area contributed by atoms with Crippen LogP contribution in [-0.4, -0.2) is 39.6 Å². The molecule has 0 aromatic rings. The molecule has 3 unspecified atom stereocenters. The quantitative estimate of drug-likeness (QED) is 0.721. The number of thioether (sulfide) groups is 1. The summed E-state index contributed by atoms with van der Waals surface area (Å²) in [5.74, 6) is -0.851. The molecule has 0 bridgehead atoms. The molecular formula is C10H14O4S. The minimum absolute atomic E-state index is 0.0147. The highest BCUT2D eigenvalue weighted by atomic mass is 32.2. The molecule has 0 aliphatic heterocycles. The Balaban J connectivity index is 2.44. The number of aliphatic carboxylic acids is 1. The van der Waals surface area contributed by atoms with Gasteiger partial charge in [-0.05, 0) is 13.0 Å². The lowest BCUT2D eigenvalue weighted by Gasteiger charge is -2.16. The maximum Gasteiger partial charge on any atom is 0.316 e. The summed E-state index contributed by atoms with van der Waals surface area (Å²) in [6, 6.07) is 0. The molecule has 0 aromatic heterocycles. The van der Waals surface area contributed by atoms with Gasteiger partial charge in [-0.1, -0.05) is 6.08 Å². The maximum atomic E-state index is 11.4. The second kappa shape index (κ2) is 5.32. The Bertz CT molecular complexity index is 287. The first-order valence-electron chi connectivity index (χ1n) is 4.73. The summed E-state index contributed by atoms with van der Waals surface area (Å²) in [7, 11) is 0. The van der Waals surface area contributed by atoms with Crippen LogP contribution in [0, 0.1) is 11.8 Å². The highest BCUT2D eigenvalue weighted by molar-refractivity contribution is 8.00. The predicted molar refractivity (Wildman–Crippen MR) is 57.8 cm³/mol. The second-order valence-electron chi connectivity index (χ2n) is 3.53. The molecule has 1 aliphatic rings. The zero-order valence-electron chi connectivity index (χ0n) is 8.42. The predicted octanol–water partition coefficient (Wildman–Crippen LogP) is 0.556. The van der Waals surface area contributed by atoms with Gasteiger partial charge in [0.1, 0.15) is 0 Å². The van der Waals surface area contributed by atoms with Gasteiger partial charge in [0.2, 0.25) is 0 Å². The van der Waals surface area contributed by atoms with Crippen LogP contribution in [0.4, 0.5) is 0 Å². The van der Waals surface area contributed by atoms with E-state index in [9.17, 15) is 9.59 Å². The number of hydrogen-bond donors (Lipinski definition) is 2. The van der Waals surface area contributed by atoms with E-state index in [2.05, 4.69) is 0 Å². The molecular weight excluding hydrogens is 216 g/mol. The molecule has 0 spiro atoms. The van der Waals surface area contributed by atoms with Crippen LogP contribution in [-0.2, 0) is 9.59 Å². The molecule has 0 amide bonds. The van der Waals surface area contributed by atoms with E-state index in [1.54, 1.807) is 13.0 Å². The molecule has 1 rings (SSSR count). The van der Waals surface area contributed by atoms with E-state index < -0.39 is 11.2 Å². The van der Waals surface area contributed by atoms with Gasteiger partial charge in [0, 0.05) is 17.6 Å². The van der Waals surface area contributed by atoms with Crippen LogP contribution in [0.2, 0.25) is 0 Å². The second-order valence-corrected chi connectivity index (χ2v) is 4.90. The minimum atomic E-state index is -0.876. The van der Waals surface area contributed by atoms with Crippen molar-refractivity contribution < 1.29 is 19.8 Å². The maximum absolute atomic E-state index is 11.4. The highest BCUT2D eigenvalue weighted by Gasteiger charge is 2.30. The Morgan fingerprint density at radius 1 is 1.67 bits per heavy atom. The molecule has 15 heavy (non-hydrogen) atoms. The van der Waals surface area contributed by atoms with E-state index in [1.165, 1.54) is 17.8 Å². The topological polar surface area (TPSA) is 74.6 Å². The Kier molecular flexibility index (Phi) is 4.35. The van der Waals surface area contributed by atoms with Crippen molar-refractivity contribution in [3.8, 4) is 0 Å². The van der Waals surface area contributed by atoms with Gasteiger partial charge in [-0.25, -0.2) is 0 Å². The molecule has 4 nitrogen and oxygen atoms in total. The lowest BCUT2D eigenvalue weighted by atomic mass is 9.98. The van der Waals surface area contributed by atoms with Crippen LogP contribution in [0.5, 0.6) is 0 Å². The van der Waals surface area contributed by atoms with Crippen molar-refractivity contribution in [2.75, 3.05) is 12.4 Å². The number of aliphatic hydroxyl groups is 1. The number of allylic oxidation sites excluding steroid dienone is 1. The fourth-order valence-corrected chi connectivity index (χ4v) is 2.45. The van der Waals surface area contributed by atoms with Crippen LogP contribution in [0.15, 0.2) is 12.2 Å². The first kappa shape index (κ1) is 12.3. The molecule has 84 valence electrons. The summed E-state index contributed by atoms with van der Waals surface area (Å²) >= 11 is 1.23. The molecule has 0 saturated carbocycles. The van der Waals surface area contributed by atoms with Gasteiger partial charge < -0.3 is 10.2 Å². The van der Waals surface area contributed by atoms with Crippen molar-refractivity contribution in [2.45, 2.75) is 12.2 Å². The number of carboxylic acids is 1. The third-order valence-corrected chi connectivity index (χ3v) is 3.73. The molecule has 3 atom stereocenters. The van der Waals surface area contributed by atoms with Crippen LogP contribution in [0.25, 0.3) is 0 Å². The van der Waals surface area contributed by atoms with E-state index in [-0.39, 0.29) is 24.2 Å². The Labute approximate surface area is 92.4 Å². The Morgan fingerprint density at radius 3 is 2.87 bits per heavy atom. The van der Waals surface area contributed by atoms with Gasteiger partial charge in [0.15, 0.2) is 5.78 Å². The van der Waals surface area contributed by atoms with Gasteiger partial charge in [-0.15, -0.1) is 11.8 Å². The van der Waals surface area contributed by atoms with Crippen LogP contribution in [0.3, 0.4) is 0 Å². The third kappa shape index (κ3) is 3.07. The van der Waals surface area contributed by atoms with Gasteiger partial charge >= 0.3 is 5.97 Å². The van der Waals surface area contributed by atoms with E-state index in [1.807, 2.05) is 0 Å². The van der Waals surface area contributed by atoms with Crippen LogP contribution in [0.1, 0.15) is 6.92 Å². The summed E-state index contributed by atoms with van der Waals surface area (Å²) < 4.78 is 0. The Morgan fingerprint density at radius 2 is 2.33 bits per heavy atom. The van der Waals surface area contributed by atoms with E-state index in [4.69, 9.17) is 10.2 Å². The van der Waals surface area contributed by atoms with Gasteiger partial charge in [0.25, 0.3) is 0 Å². The molecule has 0 fully saturated rings. The number of carbonyl (C=O) groups is 2. The van der Waals surface area contributed by atoms with Gasteiger partial charge in [-0.3, -0.25) is 9.59 Å². The van der Waals surface area contributed by atoms with Crippen molar-refractivity contribution in [3.63, 3.8) is 0 Å². The molecule has 0 aromatic carbocycles. The zero-order valence-corrected chi connectivity index (χ0v) is 9.24. The summed E-state index contributed by atoms with van der Waals surface area (Å²) in [6.07, 6.45) is 3.16. The number of rotatable bonds is 5. The number of aliphatic hydroxyl groups excluding tert-OH is 1. The van der Waals surface area contributed by atoms with Crippen LogP contribution >= 0.6 is 11.8 Å².